The summed E-state index contributed by atoms with van der Waals surface area (Å²) in [5.74, 6) is 0. The first-order valence-corrected chi connectivity index (χ1v) is 6.89. The number of hydroxylamine groups is 3. The van der Waals surface area contributed by atoms with Crippen LogP contribution in [-0.4, -0.2) is 17.0 Å². The van der Waals surface area contributed by atoms with E-state index < -0.39 is 39.2 Å². The van der Waals surface area contributed by atoms with Crippen LogP contribution >= 0.6 is 0 Å². The van der Waals surface area contributed by atoms with Crippen molar-refractivity contribution < 1.29 is 23.0 Å². The molecule has 10 heteroatoms. The number of benzene rings is 1. The van der Waals surface area contributed by atoms with Crippen LogP contribution in [0.2, 0.25) is 0 Å². The number of anilines is 1. The summed E-state index contributed by atoms with van der Waals surface area (Å²) in [6.07, 6.45) is -0.213. The molecule has 0 saturated carbocycles. The minimum Gasteiger partial charge on any atom is -0.591 e. The number of fused-ring (bicyclic) bond motifs is 8. The lowest BCUT2D eigenvalue weighted by Crippen LogP contribution is -2.51. The second kappa shape index (κ2) is 4.22. The van der Waals surface area contributed by atoms with Gasteiger partial charge in [-0.3, -0.25) is 10.1 Å². The molecule has 23 heavy (non-hydrogen) atoms. The highest BCUT2D eigenvalue weighted by molar-refractivity contribution is 5.84. The monoisotopic (exact) mass is 329 g/mol. The number of hydrogen-bond acceptors (Lipinski definition) is 5. The van der Waals surface area contributed by atoms with Gasteiger partial charge in [0.2, 0.25) is 11.4 Å². The van der Waals surface area contributed by atoms with Gasteiger partial charge in [0.25, 0.3) is 0 Å². The molecule has 4 rings (SSSR count). The van der Waals surface area contributed by atoms with Crippen LogP contribution in [0.4, 0.5) is 30.2 Å². The molecule has 1 aromatic carbocycles. The van der Waals surface area contributed by atoms with Crippen LogP contribution in [0.5, 0.6) is 0 Å². The third kappa shape index (κ3) is 1.76. The fourth-order valence-electron chi connectivity index (χ4n) is 3.44. The van der Waals surface area contributed by atoms with Crippen molar-refractivity contribution in [2.75, 3.05) is 5.06 Å². The lowest BCUT2D eigenvalue weighted by molar-refractivity contribution is -0.384. The molecule has 1 aromatic rings. The number of allylic oxidation sites excluding steroid dienone is 1. The van der Waals surface area contributed by atoms with Gasteiger partial charge < -0.3 is 5.21 Å². The second-order valence-corrected chi connectivity index (χ2v) is 5.69. The van der Waals surface area contributed by atoms with Crippen LogP contribution in [0.15, 0.2) is 24.3 Å². The summed E-state index contributed by atoms with van der Waals surface area (Å²) in [4.78, 5) is 14.1. The van der Waals surface area contributed by atoms with Crippen LogP contribution in [-0.2, 0) is 11.1 Å². The zero-order valence-electron chi connectivity index (χ0n) is 11.5. The number of hydrogen-bond donors (Lipinski definition) is 0. The van der Waals surface area contributed by atoms with Crippen molar-refractivity contribution in [3.63, 3.8) is 0 Å². The van der Waals surface area contributed by atoms with Crippen molar-refractivity contribution in [3.05, 3.63) is 45.2 Å². The van der Waals surface area contributed by atoms with Crippen molar-refractivity contribution in [2.24, 2.45) is 0 Å². The Balaban J connectivity index is 1.97. The average molecular weight is 329 g/mol. The van der Waals surface area contributed by atoms with E-state index in [1.807, 2.05) is 6.08 Å². The van der Waals surface area contributed by atoms with E-state index in [0.717, 1.165) is 5.06 Å². The smallest absolute Gasteiger partial charge is 0.416 e. The first-order valence-electron chi connectivity index (χ1n) is 6.89. The number of nitro benzene ring substituents is 1. The SMILES string of the molecule is O=[N+]([O-])c1cc(C(F)(F)F)cc2c1N1O[N+]2([O-])C2CCC=CC21. The summed E-state index contributed by atoms with van der Waals surface area (Å²) in [5, 5.41) is 25.3. The molecule has 3 unspecified atom stereocenters. The molecule has 7 nitrogen and oxygen atoms in total. The molecule has 0 aromatic heterocycles. The van der Waals surface area contributed by atoms with Gasteiger partial charge in [0.05, 0.1) is 10.5 Å². The van der Waals surface area contributed by atoms with Crippen LogP contribution in [0, 0.1) is 15.3 Å². The highest BCUT2D eigenvalue weighted by Crippen LogP contribution is 2.57. The highest BCUT2D eigenvalue weighted by atomic mass is 19.4. The Kier molecular flexibility index (Phi) is 2.64. The van der Waals surface area contributed by atoms with E-state index >= 15 is 0 Å². The van der Waals surface area contributed by atoms with Crippen molar-refractivity contribution in [2.45, 2.75) is 31.1 Å². The quantitative estimate of drug-likeness (QED) is 0.260. The summed E-state index contributed by atoms with van der Waals surface area (Å²) < 4.78 is 39.0. The first kappa shape index (κ1) is 14.4. The Labute approximate surface area is 127 Å². The molecule has 2 aliphatic heterocycles. The maximum absolute atomic E-state index is 13.0. The van der Waals surface area contributed by atoms with E-state index in [0.29, 0.717) is 25.0 Å². The third-order valence-corrected chi connectivity index (χ3v) is 4.42. The molecule has 1 aliphatic carbocycles. The molecule has 3 aliphatic rings. The zero-order valence-corrected chi connectivity index (χ0v) is 11.5. The molecular formula is C13H10F3N3O4. The summed E-state index contributed by atoms with van der Waals surface area (Å²) in [5.41, 5.74) is -2.55. The predicted molar refractivity (Wildman–Crippen MR) is 72.8 cm³/mol. The van der Waals surface area contributed by atoms with E-state index in [2.05, 4.69) is 0 Å². The van der Waals surface area contributed by atoms with Crippen LogP contribution in [0.25, 0.3) is 0 Å². The van der Waals surface area contributed by atoms with E-state index in [9.17, 15) is 28.5 Å². The average Bonchev–Trinajstić information content (AvgIpc) is 2.96. The molecule has 1 fully saturated rings. The standard InChI is InChI=1S/C13H10F3N3O4/c14-13(15,16)7-5-9(18(20)21)12-11(6-7)19(22)10-4-2-1-3-8(10)17(12)23-19/h1,3,5-6,8,10H,2,4H2. The van der Waals surface area contributed by atoms with Gasteiger partial charge in [0, 0.05) is 18.6 Å². The van der Waals surface area contributed by atoms with Gasteiger partial charge in [0.15, 0.2) is 6.04 Å². The van der Waals surface area contributed by atoms with E-state index in [4.69, 9.17) is 4.94 Å². The minimum atomic E-state index is -4.79. The van der Waals surface area contributed by atoms with Crippen molar-refractivity contribution in [3.8, 4) is 0 Å². The Morgan fingerprint density at radius 1 is 1.39 bits per heavy atom. The molecule has 0 amide bonds. The Morgan fingerprint density at radius 2 is 2.13 bits per heavy atom. The van der Waals surface area contributed by atoms with Crippen molar-refractivity contribution in [1.29, 1.82) is 0 Å². The molecule has 1 saturated heterocycles. The van der Waals surface area contributed by atoms with E-state index in [1.54, 1.807) is 6.08 Å². The molecule has 3 atom stereocenters. The number of alkyl halides is 3. The Hall–Kier alpha value is -2.17. The Bertz CT molecular complexity index is 751. The summed E-state index contributed by atoms with van der Waals surface area (Å²) in [6, 6.07) is -0.0403. The number of rotatable bonds is 1. The maximum Gasteiger partial charge on any atom is 0.416 e. The molecule has 122 valence electrons. The van der Waals surface area contributed by atoms with Gasteiger partial charge in [-0.25, -0.2) is 0 Å². The Morgan fingerprint density at radius 3 is 2.78 bits per heavy atom. The lowest BCUT2D eigenvalue weighted by atomic mass is 9.92. The van der Waals surface area contributed by atoms with E-state index in [-0.39, 0.29) is 11.4 Å². The molecule has 0 radical (unpaired) electrons. The normalized spacial score (nSPS) is 31.2. The predicted octanol–water partition coefficient (Wildman–Crippen LogP) is 3.19. The van der Waals surface area contributed by atoms with Gasteiger partial charge in [0.1, 0.15) is 6.04 Å². The van der Waals surface area contributed by atoms with Crippen LogP contribution in [0.3, 0.4) is 0 Å². The second-order valence-electron chi connectivity index (χ2n) is 5.69. The number of halogens is 3. The zero-order chi connectivity index (χ0) is 16.6. The minimum absolute atomic E-state index is 0.189. The largest absolute Gasteiger partial charge is 0.591 e. The van der Waals surface area contributed by atoms with E-state index in [1.165, 1.54) is 0 Å². The van der Waals surface area contributed by atoms with Gasteiger partial charge in [-0.1, -0.05) is 17.1 Å². The third-order valence-electron chi connectivity index (χ3n) is 4.42. The number of quaternary nitrogens is 1. The maximum atomic E-state index is 13.0. The topological polar surface area (TPSA) is 78.7 Å². The lowest BCUT2D eigenvalue weighted by Gasteiger charge is -2.38. The first-order chi connectivity index (χ1) is 10.7. The molecule has 0 N–H and O–H groups in total. The molecular weight excluding hydrogens is 319 g/mol. The fourth-order valence-corrected chi connectivity index (χ4v) is 3.44. The molecule has 2 bridgehead atoms. The van der Waals surface area contributed by atoms with Crippen molar-refractivity contribution >= 4 is 17.1 Å². The number of nitrogens with zero attached hydrogens (tertiary/aromatic N) is 3. The van der Waals surface area contributed by atoms with Crippen molar-refractivity contribution in [1.82, 2.24) is 4.81 Å². The van der Waals surface area contributed by atoms with Gasteiger partial charge in [-0.2, -0.15) is 18.2 Å². The molecule has 0 spiro atoms. The van der Waals surface area contributed by atoms with Crippen LogP contribution < -0.4 is 9.87 Å². The fraction of sp³-hybridized carbons (Fsp3) is 0.385. The summed E-state index contributed by atoms with van der Waals surface area (Å²) in [7, 11) is 0. The summed E-state index contributed by atoms with van der Waals surface area (Å²) in [6.45, 7) is 0. The van der Waals surface area contributed by atoms with Gasteiger partial charge >= 0.3 is 11.9 Å². The molecule has 2 heterocycles. The summed E-state index contributed by atoms with van der Waals surface area (Å²) >= 11 is 0. The number of nitro groups is 1. The van der Waals surface area contributed by atoms with Crippen LogP contribution in [0.1, 0.15) is 18.4 Å². The highest BCUT2D eigenvalue weighted by Gasteiger charge is 2.62. The van der Waals surface area contributed by atoms with Gasteiger partial charge in [-0.05, 0) is 6.42 Å². The van der Waals surface area contributed by atoms with Gasteiger partial charge in [-0.15, -0.1) is 4.81 Å².